The van der Waals surface area contributed by atoms with E-state index in [-0.39, 0.29) is 24.6 Å². The largest absolute Gasteiger partial charge is 0.462 e. The molecule has 2 aromatic rings. The summed E-state index contributed by atoms with van der Waals surface area (Å²) in [6, 6.07) is 11.2. The van der Waals surface area contributed by atoms with Gasteiger partial charge in [0.25, 0.3) is 0 Å². The monoisotopic (exact) mass is 446 g/mol. The van der Waals surface area contributed by atoms with Gasteiger partial charge in [-0.1, -0.05) is 24.3 Å². The second-order valence-corrected chi connectivity index (χ2v) is 6.64. The Morgan fingerprint density at radius 1 is 1.00 bits per heavy atom. The average molecular weight is 446 g/mol. The third-order valence-electron chi connectivity index (χ3n) is 4.54. The molecule has 170 valence electrons. The highest BCUT2D eigenvalue weighted by atomic mass is 19.1. The molecule has 0 atom stereocenters. The number of ether oxygens (including phenoxy) is 2. The van der Waals surface area contributed by atoms with Crippen molar-refractivity contribution < 1.29 is 27.9 Å². The van der Waals surface area contributed by atoms with Crippen LogP contribution in [0, 0.1) is 11.6 Å². The van der Waals surface area contributed by atoms with Crippen LogP contribution in [0.5, 0.6) is 0 Å². The van der Waals surface area contributed by atoms with E-state index in [1.165, 1.54) is 58.8 Å². The Morgan fingerprint density at radius 3 is 2.06 bits per heavy atom. The maximum absolute atomic E-state index is 13.6. The molecule has 0 saturated heterocycles. The van der Waals surface area contributed by atoms with Crippen LogP contribution >= 0.6 is 0 Å². The molecule has 0 spiro atoms. The molecule has 0 radical (unpaired) electrons. The quantitative estimate of drug-likeness (QED) is 0.361. The SMILES string of the molecule is CCOC(=O)C(C1=NNN(OCCOC)N1C)=C(c1ccc(F)cc1)c1ccc(F)cc1. The molecule has 32 heavy (non-hydrogen) atoms. The Bertz CT molecular complexity index is 946. The van der Waals surface area contributed by atoms with Gasteiger partial charge in [0.1, 0.15) is 17.2 Å². The number of nitrogens with one attached hydrogen (secondary N) is 1. The van der Waals surface area contributed by atoms with Gasteiger partial charge in [0.2, 0.25) is 0 Å². The van der Waals surface area contributed by atoms with Crippen molar-refractivity contribution in [2.24, 2.45) is 5.10 Å². The summed E-state index contributed by atoms with van der Waals surface area (Å²) in [5.74, 6) is -1.31. The smallest absolute Gasteiger partial charge is 0.342 e. The molecule has 0 aromatic heterocycles. The van der Waals surface area contributed by atoms with Gasteiger partial charge in [-0.25, -0.2) is 18.6 Å². The third kappa shape index (κ3) is 5.28. The minimum absolute atomic E-state index is 0.0953. The summed E-state index contributed by atoms with van der Waals surface area (Å²) >= 11 is 0. The first-order valence-corrected chi connectivity index (χ1v) is 9.88. The first-order valence-electron chi connectivity index (χ1n) is 9.88. The van der Waals surface area contributed by atoms with E-state index in [2.05, 4.69) is 10.6 Å². The number of hydrazone groups is 1. The fraction of sp³-hybridized carbons (Fsp3) is 0.273. The Kier molecular flexibility index (Phi) is 7.87. The molecule has 0 amide bonds. The van der Waals surface area contributed by atoms with E-state index in [1.807, 2.05) is 0 Å². The van der Waals surface area contributed by atoms with Gasteiger partial charge in [-0.05, 0) is 42.3 Å². The van der Waals surface area contributed by atoms with E-state index in [4.69, 9.17) is 14.3 Å². The van der Waals surface area contributed by atoms with Gasteiger partial charge in [0.05, 0.1) is 19.8 Å². The number of likely N-dealkylation sites (N-methyl/N-ethyl adjacent to an activating group) is 1. The molecule has 1 N–H and O–H groups in total. The molecule has 0 unspecified atom stereocenters. The van der Waals surface area contributed by atoms with Crippen LogP contribution in [0.1, 0.15) is 18.1 Å². The van der Waals surface area contributed by atoms with E-state index in [9.17, 15) is 13.6 Å². The van der Waals surface area contributed by atoms with Gasteiger partial charge in [-0.15, -0.1) is 5.10 Å². The number of rotatable bonds is 9. The minimum Gasteiger partial charge on any atom is -0.462 e. The summed E-state index contributed by atoms with van der Waals surface area (Å²) in [4.78, 5) is 18.7. The maximum atomic E-state index is 13.6. The summed E-state index contributed by atoms with van der Waals surface area (Å²) in [7, 11) is 3.18. The lowest BCUT2D eigenvalue weighted by molar-refractivity contribution is -0.276. The van der Waals surface area contributed by atoms with Gasteiger partial charge >= 0.3 is 5.97 Å². The predicted molar refractivity (Wildman–Crippen MR) is 113 cm³/mol. The molecule has 0 bridgehead atoms. The van der Waals surface area contributed by atoms with Gasteiger partial charge < -0.3 is 9.47 Å². The Balaban J connectivity index is 2.15. The fourth-order valence-corrected chi connectivity index (χ4v) is 3.05. The lowest BCUT2D eigenvalue weighted by Gasteiger charge is -2.25. The van der Waals surface area contributed by atoms with Gasteiger partial charge in [0, 0.05) is 25.0 Å². The summed E-state index contributed by atoms with van der Waals surface area (Å²) in [6.07, 6.45) is 0. The van der Waals surface area contributed by atoms with E-state index >= 15 is 0 Å². The maximum Gasteiger partial charge on any atom is 0.342 e. The first-order chi connectivity index (χ1) is 15.5. The summed E-state index contributed by atoms with van der Waals surface area (Å²) in [6.45, 7) is 2.39. The summed E-state index contributed by atoms with van der Waals surface area (Å²) < 4.78 is 37.5. The van der Waals surface area contributed by atoms with Crippen molar-refractivity contribution in [3.05, 3.63) is 76.9 Å². The number of esters is 1. The van der Waals surface area contributed by atoms with Crippen LogP contribution in [0.15, 0.2) is 59.2 Å². The average Bonchev–Trinajstić information content (AvgIpc) is 3.14. The Hall–Kier alpha value is -3.34. The van der Waals surface area contributed by atoms with Crippen molar-refractivity contribution >= 4 is 17.4 Å². The molecule has 1 heterocycles. The zero-order valence-corrected chi connectivity index (χ0v) is 18.0. The molecule has 3 rings (SSSR count). The molecule has 1 aliphatic heterocycles. The van der Waals surface area contributed by atoms with Crippen LogP contribution < -0.4 is 5.53 Å². The molecule has 0 saturated carbocycles. The topological polar surface area (TPSA) is 75.6 Å². The molecular weight excluding hydrogens is 422 g/mol. The predicted octanol–water partition coefficient (Wildman–Crippen LogP) is 2.89. The molecule has 0 aliphatic carbocycles. The molecule has 8 nitrogen and oxygen atoms in total. The van der Waals surface area contributed by atoms with Crippen LogP contribution in [-0.2, 0) is 19.1 Å². The van der Waals surface area contributed by atoms with Crippen molar-refractivity contribution in [3.8, 4) is 0 Å². The Labute approximate surface area is 184 Å². The minimum atomic E-state index is -0.651. The molecule has 2 aromatic carbocycles. The van der Waals surface area contributed by atoms with Crippen LogP contribution in [0.25, 0.3) is 5.57 Å². The third-order valence-corrected chi connectivity index (χ3v) is 4.54. The Morgan fingerprint density at radius 2 is 1.56 bits per heavy atom. The van der Waals surface area contributed by atoms with Crippen molar-refractivity contribution in [2.45, 2.75) is 6.92 Å². The second kappa shape index (κ2) is 10.8. The van der Waals surface area contributed by atoms with E-state index in [1.54, 1.807) is 21.1 Å². The summed E-state index contributed by atoms with van der Waals surface area (Å²) in [5.41, 5.74) is 4.22. The number of hydrogen-bond acceptors (Lipinski definition) is 8. The van der Waals surface area contributed by atoms with Crippen molar-refractivity contribution in [3.63, 3.8) is 0 Å². The van der Waals surface area contributed by atoms with Crippen LogP contribution in [-0.4, -0.2) is 56.1 Å². The van der Waals surface area contributed by atoms with E-state index in [0.29, 0.717) is 23.3 Å². The lowest BCUT2D eigenvalue weighted by atomic mass is 9.92. The van der Waals surface area contributed by atoms with E-state index in [0.717, 1.165) is 0 Å². The number of carbonyl (C=O) groups excluding carboxylic acids is 1. The fourth-order valence-electron chi connectivity index (χ4n) is 3.05. The van der Waals surface area contributed by atoms with Gasteiger partial charge in [-0.2, -0.15) is 5.53 Å². The van der Waals surface area contributed by atoms with Crippen molar-refractivity contribution in [1.29, 1.82) is 0 Å². The molecular formula is C22H24F2N4O4. The lowest BCUT2D eigenvalue weighted by Crippen LogP contribution is -2.44. The summed E-state index contributed by atoms with van der Waals surface area (Å²) in [5, 5.41) is 6.95. The highest BCUT2D eigenvalue weighted by molar-refractivity contribution is 6.25. The zero-order valence-electron chi connectivity index (χ0n) is 18.0. The molecule has 0 fully saturated rings. The molecule has 10 heteroatoms. The highest BCUT2D eigenvalue weighted by Gasteiger charge is 2.33. The number of hydrazine groups is 2. The van der Waals surface area contributed by atoms with Crippen molar-refractivity contribution in [2.75, 3.05) is 34.0 Å². The number of hydrogen-bond donors (Lipinski definition) is 1. The van der Waals surface area contributed by atoms with Gasteiger partial charge in [0.15, 0.2) is 5.84 Å². The number of halogens is 2. The number of benzene rings is 2. The normalized spacial score (nSPS) is 13.5. The zero-order chi connectivity index (χ0) is 23.1. The van der Waals surface area contributed by atoms with Crippen LogP contribution in [0.2, 0.25) is 0 Å². The van der Waals surface area contributed by atoms with Gasteiger partial charge in [-0.3, -0.25) is 4.84 Å². The van der Waals surface area contributed by atoms with Crippen LogP contribution in [0.4, 0.5) is 8.78 Å². The van der Waals surface area contributed by atoms with Crippen LogP contribution in [0.3, 0.4) is 0 Å². The first kappa shape index (κ1) is 23.3. The second-order valence-electron chi connectivity index (χ2n) is 6.64. The number of amidine groups is 1. The van der Waals surface area contributed by atoms with E-state index < -0.39 is 17.6 Å². The highest BCUT2D eigenvalue weighted by Crippen LogP contribution is 2.30. The number of carbonyl (C=O) groups is 1. The molecule has 1 aliphatic rings. The van der Waals surface area contributed by atoms with Crippen molar-refractivity contribution in [1.82, 2.24) is 15.8 Å². The number of nitrogens with zero attached hydrogens (tertiary/aromatic N) is 3. The number of methoxy groups -OCH3 is 1. The standard InChI is InChI=1S/C22H24F2N4O4/c1-4-31-22(29)20(21-25-26-28(27(21)2)32-14-13-30-3)19(15-5-9-17(23)10-6-15)16-7-11-18(24)12-8-16/h5-12,26H,4,13-14H2,1-3H3.